The van der Waals surface area contributed by atoms with Crippen molar-refractivity contribution in [3.8, 4) is 0 Å². The Balaban J connectivity index is 2.38. The summed E-state index contributed by atoms with van der Waals surface area (Å²) in [5.41, 5.74) is 5.61. The van der Waals surface area contributed by atoms with Gasteiger partial charge in [0.15, 0.2) is 11.6 Å². The van der Waals surface area contributed by atoms with Gasteiger partial charge in [-0.3, -0.25) is 4.79 Å². The molecule has 6 heteroatoms. The lowest BCUT2D eigenvalue weighted by atomic mass is 9.92. The van der Waals surface area contributed by atoms with Gasteiger partial charge in [-0.2, -0.15) is 0 Å². The van der Waals surface area contributed by atoms with E-state index in [4.69, 9.17) is 5.73 Å². The van der Waals surface area contributed by atoms with Gasteiger partial charge < -0.3 is 11.1 Å². The molecule has 1 aliphatic heterocycles. The van der Waals surface area contributed by atoms with E-state index in [9.17, 15) is 18.0 Å². The summed E-state index contributed by atoms with van der Waals surface area (Å²) >= 11 is 0. The van der Waals surface area contributed by atoms with E-state index in [1.807, 2.05) is 0 Å². The minimum Gasteiger partial charge on any atom is -0.348 e. The number of hydrogen-bond donors (Lipinski definition) is 2. The molecule has 2 atom stereocenters. The number of benzene rings is 1. The number of carbonyl (C=O) groups is 1. The predicted octanol–water partition coefficient (Wildman–Crippen LogP) is 1.38. The molecule has 2 rings (SSSR count). The maximum absolute atomic E-state index is 13.5. The van der Waals surface area contributed by atoms with E-state index in [0.717, 1.165) is 6.07 Å². The number of nitrogens with two attached hydrogens (primary N) is 1. The van der Waals surface area contributed by atoms with Crippen LogP contribution in [0.5, 0.6) is 0 Å². The molecule has 1 aromatic rings. The summed E-state index contributed by atoms with van der Waals surface area (Å²) in [6, 6.07) is -0.128. The van der Waals surface area contributed by atoms with E-state index in [0.29, 0.717) is 12.5 Å². The lowest BCUT2D eigenvalue weighted by Gasteiger charge is -2.30. The third kappa shape index (κ3) is 2.26. The molecule has 0 radical (unpaired) electrons. The highest BCUT2D eigenvalue weighted by molar-refractivity contribution is 5.77. The van der Waals surface area contributed by atoms with Crippen molar-refractivity contribution in [2.75, 3.05) is 0 Å². The summed E-state index contributed by atoms with van der Waals surface area (Å²) in [6.45, 7) is 0. The van der Waals surface area contributed by atoms with E-state index in [-0.39, 0.29) is 17.9 Å². The van der Waals surface area contributed by atoms with Crippen LogP contribution in [0.2, 0.25) is 0 Å². The number of piperidine rings is 1. The molecule has 1 amide bonds. The number of amides is 1. The van der Waals surface area contributed by atoms with Crippen LogP contribution in [0.1, 0.15) is 24.4 Å². The molecule has 0 bridgehead atoms. The molecule has 0 aromatic heterocycles. The Labute approximate surface area is 95.8 Å². The first-order valence-electron chi connectivity index (χ1n) is 5.18. The van der Waals surface area contributed by atoms with Gasteiger partial charge in [-0.05, 0) is 12.5 Å². The van der Waals surface area contributed by atoms with Gasteiger partial charge in [0.1, 0.15) is 5.82 Å². The predicted molar refractivity (Wildman–Crippen MR) is 54.4 cm³/mol. The Morgan fingerprint density at radius 1 is 1.18 bits per heavy atom. The van der Waals surface area contributed by atoms with Gasteiger partial charge in [0, 0.05) is 24.1 Å². The third-order valence-corrected chi connectivity index (χ3v) is 2.82. The minimum absolute atomic E-state index is 0.121. The monoisotopic (exact) mass is 244 g/mol. The van der Waals surface area contributed by atoms with Crippen molar-refractivity contribution >= 4 is 5.91 Å². The lowest BCUT2D eigenvalue weighted by molar-refractivity contribution is -0.123. The highest BCUT2D eigenvalue weighted by atomic mass is 19.2. The van der Waals surface area contributed by atoms with Crippen molar-refractivity contribution in [3.63, 3.8) is 0 Å². The van der Waals surface area contributed by atoms with Gasteiger partial charge >= 0.3 is 0 Å². The summed E-state index contributed by atoms with van der Waals surface area (Å²) in [7, 11) is 0. The molecule has 1 aliphatic rings. The first-order valence-corrected chi connectivity index (χ1v) is 5.18. The first kappa shape index (κ1) is 11.9. The van der Waals surface area contributed by atoms with Gasteiger partial charge in [0.05, 0.1) is 6.04 Å². The van der Waals surface area contributed by atoms with Gasteiger partial charge in [0.25, 0.3) is 0 Å². The smallest absolute Gasteiger partial charge is 0.220 e. The van der Waals surface area contributed by atoms with Crippen molar-refractivity contribution < 1.29 is 18.0 Å². The maximum Gasteiger partial charge on any atom is 0.220 e. The fraction of sp³-hybridized carbons (Fsp3) is 0.364. The Bertz CT molecular complexity index is 464. The number of hydrogen-bond acceptors (Lipinski definition) is 2. The van der Waals surface area contributed by atoms with Crippen LogP contribution >= 0.6 is 0 Å². The van der Waals surface area contributed by atoms with Gasteiger partial charge in [-0.25, -0.2) is 13.2 Å². The molecule has 1 aromatic carbocycles. The second-order valence-corrected chi connectivity index (χ2v) is 4.04. The number of halogens is 3. The van der Waals surface area contributed by atoms with E-state index < -0.39 is 29.5 Å². The molecular formula is C11H11F3N2O. The van der Waals surface area contributed by atoms with Gasteiger partial charge in [0.2, 0.25) is 5.91 Å². The van der Waals surface area contributed by atoms with Crippen LogP contribution < -0.4 is 11.1 Å². The minimum atomic E-state index is -1.26. The zero-order valence-corrected chi connectivity index (χ0v) is 8.84. The van der Waals surface area contributed by atoms with Crippen LogP contribution in [0.4, 0.5) is 13.2 Å². The van der Waals surface area contributed by atoms with Crippen LogP contribution in [0, 0.1) is 17.5 Å². The normalized spacial score (nSPS) is 24.6. The molecule has 1 saturated heterocycles. The maximum atomic E-state index is 13.5. The van der Waals surface area contributed by atoms with Crippen molar-refractivity contribution in [3.05, 3.63) is 35.1 Å². The number of carbonyl (C=O) groups excluding carboxylic acids is 1. The topological polar surface area (TPSA) is 55.1 Å². The molecule has 0 saturated carbocycles. The molecule has 1 heterocycles. The quantitative estimate of drug-likeness (QED) is 0.733. The molecule has 1 fully saturated rings. The van der Waals surface area contributed by atoms with Crippen molar-refractivity contribution in [2.24, 2.45) is 5.73 Å². The first-order chi connectivity index (χ1) is 7.99. The van der Waals surface area contributed by atoms with Crippen LogP contribution in [-0.2, 0) is 4.79 Å². The number of rotatable bonds is 1. The van der Waals surface area contributed by atoms with E-state index in [1.165, 1.54) is 0 Å². The largest absolute Gasteiger partial charge is 0.348 e. The second-order valence-electron chi connectivity index (χ2n) is 4.04. The summed E-state index contributed by atoms with van der Waals surface area (Å²) < 4.78 is 39.3. The molecular weight excluding hydrogens is 233 g/mol. The Kier molecular flexibility index (Phi) is 3.06. The summed E-state index contributed by atoms with van der Waals surface area (Å²) in [5.74, 6) is -3.61. The van der Waals surface area contributed by atoms with E-state index in [2.05, 4.69) is 5.32 Å². The Morgan fingerprint density at radius 3 is 2.53 bits per heavy atom. The van der Waals surface area contributed by atoms with Crippen LogP contribution in [-0.4, -0.2) is 11.9 Å². The Morgan fingerprint density at radius 2 is 1.82 bits per heavy atom. The molecule has 3 nitrogen and oxygen atoms in total. The summed E-state index contributed by atoms with van der Waals surface area (Å²) in [6.07, 6.45) is 0.637. The standard InChI is InChI=1S/C11H11F3N2O/c12-6-4-8(14)7(13)3-5(6)11-9(15)1-2-10(17)16-11/h3-4,9,11H,1-2,15H2,(H,16,17). The molecule has 3 N–H and O–H groups in total. The molecule has 2 unspecified atom stereocenters. The fourth-order valence-electron chi connectivity index (χ4n) is 1.90. The van der Waals surface area contributed by atoms with Crippen molar-refractivity contribution in [1.29, 1.82) is 0 Å². The van der Waals surface area contributed by atoms with E-state index >= 15 is 0 Å². The van der Waals surface area contributed by atoms with Crippen LogP contribution in [0.15, 0.2) is 12.1 Å². The molecule has 92 valence electrons. The molecule has 0 spiro atoms. The average molecular weight is 244 g/mol. The van der Waals surface area contributed by atoms with Crippen LogP contribution in [0.25, 0.3) is 0 Å². The molecule has 17 heavy (non-hydrogen) atoms. The SMILES string of the molecule is NC1CCC(=O)NC1c1cc(F)c(F)cc1F. The molecule has 0 aliphatic carbocycles. The van der Waals surface area contributed by atoms with Crippen LogP contribution in [0.3, 0.4) is 0 Å². The average Bonchev–Trinajstić information content (AvgIpc) is 2.27. The highest BCUT2D eigenvalue weighted by Gasteiger charge is 2.30. The summed E-state index contributed by atoms with van der Waals surface area (Å²) in [5, 5.41) is 2.48. The van der Waals surface area contributed by atoms with Gasteiger partial charge in [-0.1, -0.05) is 0 Å². The third-order valence-electron chi connectivity index (χ3n) is 2.82. The zero-order valence-electron chi connectivity index (χ0n) is 8.84. The summed E-state index contributed by atoms with van der Waals surface area (Å²) in [4.78, 5) is 11.2. The second kappa shape index (κ2) is 4.37. The van der Waals surface area contributed by atoms with E-state index in [1.54, 1.807) is 0 Å². The van der Waals surface area contributed by atoms with Crippen molar-refractivity contribution in [1.82, 2.24) is 5.32 Å². The highest BCUT2D eigenvalue weighted by Crippen LogP contribution is 2.26. The Hall–Kier alpha value is -1.56. The zero-order chi connectivity index (χ0) is 12.6. The lowest BCUT2D eigenvalue weighted by Crippen LogP contribution is -2.46. The van der Waals surface area contributed by atoms with Crippen molar-refractivity contribution in [2.45, 2.75) is 24.9 Å². The fourth-order valence-corrected chi connectivity index (χ4v) is 1.90. The number of nitrogens with one attached hydrogen (secondary N) is 1. The van der Waals surface area contributed by atoms with Gasteiger partial charge in [-0.15, -0.1) is 0 Å².